The molecule has 0 spiro atoms. The van der Waals surface area contributed by atoms with Gasteiger partial charge in [-0.2, -0.15) is 0 Å². The lowest BCUT2D eigenvalue weighted by atomic mass is 10.2. The van der Waals surface area contributed by atoms with Crippen LogP contribution in [0.3, 0.4) is 0 Å². The van der Waals surface area contributed by atoms with E-state index in [4.69, 9.17) is 4.74 Å². The highest BCUT2D eigenvalue weighted by atomic mass is 79.9. The molecule has 0 atom stereocenters. The van der Waals surface area contributed by atoms with Gasteiger partial charge in [-0.3, -0.25) is 10.1 Å². The average molecular weight is 302 g/mol. The molecular formula is C12H16BrNO3. The summed E-state index contributed by atoms with van der Waals surface area (Å²) in [5.41, 5.74) is 0.0711. The van der Waals surface area contributed by atoms with Crippen LogP contribution < -0.4 is 4.74 Å². The van der Waals surface area contributed by atoms with Crippen molar-refractivity contribution in [2.24, 2.45) is 0 Å². The van der Waals surface area contributed by atoms with E-state index in [1.165, 1.54) is 25.0 Å². The minimum absolute atomic E-state index is 0.0711. The van der Waals surface area contributed by atoms with Crippen molar-refractivity contribution in [2.75, 3.05) is 11.9 Å². The molecule has 0 amide bonds. The molecule has 5 heteroatoms. The predicted octanol–water partition coefficient (Wildman–Crippen LogP) is 3.93. The third-order valence-electron chi connectivity index (χ3n) is 2.33. The first-order chi connectivity index (χ1) is 8.24. The van der Waals surface area contributed by atoms with Gasteiger partial charge in [0.1, 0.15) is 5.75 Å². The Bertz CT molecular complexity index is 357. The van der Waals surface area contributed by atoms with Gasteiger partial charge in [-0.25, -0.2) is 0 Å². The SMILES string of the molecule is O=[N+]([O-])c1cccc(OCCCCCCBr)c1. The van der Waals surface area contributed by atoms with Crippen molar-refractivity contribution in [1.82, 2.24) is 0 Å². The summed E-state index contributed by atoms with van der Waals surface area (Å²) < 4.78 is 5.46. The summed E-state index contributed by atoms with van der Waals surface area (Å²) in [5.74, 6) is 0.569. The molecule has 0 fully saturated rings. The van der Waals surface area contributed by atoms with Crippen molar-refractivity contribution in [3.63, 3.8) is 0 Å². The molecule has 0 saturated heterocycles. The first kappa shape index (κ1) is 14.0. The third kappa shape index (κ3) is 5.68. The number of alkyl halides is 1. The van der Waals surface area contributed by atoms with Crippen molar-refractivity contribution >= 4 is 21.6 Å². The number of hydrogen-bond donors (Lipinski definition) is 0. The van der Waals surface area contributed by atoms with E-state index in [0.29, 0.717) is 12.4 Å². The van der Waals surface area contributed by atoms with Gasteiger partial charge >= 0.3 is 0 Å². The molecule has 0 bridgehead atoms. The minimum atomic E-state index is -0.414. The van der Waals surface area contributed by atoms with E-state index in [1.54, 1.807) is 12.1 Å². The summed E-state index contributed by atoms with van der Waals surface area (Å²) >= 11 is 3.38. The summed E-state index contributed by atoms with van der Waals surface area (Å²) in [7, 11) is 0. The second-order valence-electron chi connectivity index (χ2n) is 3.71. The van der Waals surface area contributed by atoms with Crippen LogP contribution in [0.5, 0.6) is 5.75 Å². The van der Waals surface area contributed by atoms with Gasteiger partial charge in [-0.1, -0.05) is 34.8 Å². The van der Waals surface area contributed by atoms with E-state index in [-0.39, 0.29) is 5.69 Å². The molecule has 94 valence electrons. The zero-order valence-electron chi connectivity index (χ0n) is 9.60. The van der Waals surface area contributed by atoms with E-state index in [2.05, 4.69) is 15.9 Å². The van der Waals surface area contributed by atoms with Gasteiger partial charge in [0.25, 0.3) is 5.69 Å². The lowest BCUT2D eigenvalue weighted by Crippen LogP contribution is -1.98. The van der Waals surface area contributed by atoms with E-state index in [9.17, 15) is 10.1 Å². The van der Waals surface area contributed by atoms with Crippen LogP contribution >= 0.6 is 15.9 Å². The number of nitrogens with zero attached hydrogens (tertiary/aromatic N) is 1. The number of halogens is 1. The lowest BCUT2D eigenvalue weighted by Gasteiger charge is -2.05. The van der Waals surface area contributed by atoms with Crippen molar-refractivity contribution in [1.29, 1.82) is 0 Å². The van der Waals surface area contributed by atoms with Crippen LogP contribution in [0, 0.1) is 10.1 Å². The Morgan fingerprint density at radius 2 is 2.00 bits per heavy atom. The second kappa shape index (κ2) is 8.06. The lowest BCUT2D eigenvalue weighted by molar-refractivity contribution is -0.384. The fourth-order valence-corrected chi connectivity index (χ4v) is 1.82. The van der Waals surface area contributed by atoms with Crippen LogP contribution in [-0.4, -0.2) is 16.9 Å². The molecular weight excluding hydrogens is 286 g/mol. The molecule has 0 unspecified atom stereocenters. The Kier molecular flexibility index (Phi) is 6.62. The molecule has 1 aromatic rings. The molecule has 0 aliphatic rings. The number of benzene rings is 1. The minimum Gasteiger partial charge on any atom is -0.493 e. The number of nitro groups is 1. The normalized spacial score (nSPS) is 10.2. The zero-order valence-corrected chi connectivity index (χ0v) is 11.2. The van der Waals surface area contributed by atoms with E-state index < -0.39 is 4.92 Å². The average Bonchev–Trinajstić information content (AvgIpc) is 2.34. The van der Waals surface area contributed by atoms with Gasteiger partial charge in [0.15, 0.2) is 0 Å². The van der Waals surface area contributed by atoms with E-state index >= 15 is 0 Å². The van der Waals surface area contributed by atoms with Crippen LogP contribution in [0.15, 0.2) is 24.3 Å². The largest absolute Gasteiger partial charge is 0.493 e. The third-order valence-corrected chi connectivity index (χ3v) is 2.89. The molecule has 17 heavy (non-hydrogen) atoms. The van der Waals surface area contributed by atoms with E-state index in [1.807, 2.05) is 0 Å². The van der Waals surface area contributed by atoms with Gasteiger partial charge < -0.3 is 4.74 Å². The first-order valence-corrected chi connectivity index (χ1v) is 6.79. The summed E-state index contributed by atoms with van der Waals surface area (Å²) in [4.78, 5) is 10.1. The Morgan fingerprint density at radius 1 is 1.24 bits per heavy atom. The number of non-ortho nitro benzene ring substituents is 1. The van der Waals surface area contributed by atoms with Crippen LogP contribution in [-0.2, 0) is 0 Å². The monoisotopic (exact) mass is 301 g/mol. The van der Waals surface area contributed by atoms with Crippen LogP contribution in [0.25, 0.3) is 0 Å². The number of rotatable bonds is 8. The van der Waals surface area contributed by atoms with Crippen molar-refractivity contribution in [3.05, 3.63) is 34.4 Å². The van der Waals surface area contributed by atoms with E-state index in [0.717, 1.165) is 18.2 Å². The molecule has 0 aromatic heterocycles. The maximum atomic E-state index is 10.5. The van der Waals surface area contributed by atoms with Gasteiger partial charge in [0, 0.05) is 11.4 Å². The Morgan fingerprint density at radius 3 is 2.71 bits per heavy atom. The summed E-state index contributed by atoms with van der Waals surface area (Å²) in [6.45, 7) is 0.615. The number of unbranched alkanes of at least 4 members (excludes halogenated alkanes) is 3. The zero-order chi connectivity index (χ0) is 12.5. The standard InChI is InChI=1S/C12H16BrNO3/c13-8-3-1-2-4-9-17-12-7-5-6-11(10-12)14(15)16/h5-7,10H,1-4,8-9H2. The van der Waals surface area contributed by atoms with Crippen LogP contribution in [0.1, 0.15) is 25.7 Å². The molecule has 0 radical (unpaired) electrons. The molecule has 0 N–H and O–H groups in total. The highest BCUT2D eigenvalue weighted by Crippen LogP contribution is 2.19. The molecule has 4 nitrogen and oxygen atoms in total. The summed E-state index contributed by atoms with van der Waals surface area (Å²) in [6.07, 6.45) is 4.47. The second-order valence-corrected chi connectivity index (χ2v) is 4.50. The first-order valence-electron chi connectivity index (χ1n) is 5.67. The summed E-state index contributed by atoms with van der Waals surface area (Å²) in [5, 5.41) is 11.6. The Labute approximate surface area is 109 Å². The highest BCUT2D eigenvalue weighted by Gasteiger charge is 2.05. The molecule has 0 aliphatic heterocycles. The maximum absolute atomic E-state index is 10.5. The highest BCUT2D eigenvalue weighted by molar-refractivity contribution is 9.09. The van der Waals surface area contributed by atoms with Crippen molar-refractivity contribution in [2.45, 2.75) is 25.7 Å². The molecule has 0 heterocycles. The fraction of sp³-hybridized carbons (Fsp3) is 0.500. The van der Waals surface area contributed by atoms with Crippen molar-refractivity contribution < 1.29 is 9.66 Å². The fourth-order valence-electron chi connectivity index (χ4n) is 1.43. The topological polar surface area (TPSA) is 52.4 Å². The maximum Gasteiger partial charge on any atom is 0.273 e. The molecule has 1 aromatic carbocycles. The molecule has 1 rings (SSSR count). The summed E-state index contributed by atoms with van der Waals surface area (Å²) in [6, 6.07) is 6.30. The quantitative estimate of drug-likeness (QED) is 0.316. The van der Waals surface area contributed by atoms with Gasteiger partial charge in [0.05, 0.1) is 17.6 Å². The number of ether oxygens (including phenoxy) is 1. The molecule has 0 saturated carbocycles. The van der Waals surface area contributed by atoms with Crippen molar-refractivity contribution in [3.8, 4) is 5.75 Å². The number of nitro benzene ring substituents is 1. The van der Waals surface area contributed by atoms with Crippen LogP contribution in [0.4, 0.5) is 5.69 Å². The smallest absolute Gasteiger partial charge is 0.273 e. The van der Waals surface area contributed by atoms with Gasteiger partial charge in [-0.15, -0.1) is 0 Å². The van der Waals surface area contributed by atoms with Gasteiger partial charge in [0.2, 0.25) is 0 Å². The number of hydrogen-bond acceptors (Lipinski definition) is 3. The van der Waals surface area contributed by atoms with Crippen LogP contribution in [0.2, 0.25) is 0 Å². The van der Waals surface area contributed by atoms with Gasteiger partial charge in [-0.05, 0) is 18.9 Å². The Balaban J connectivity index is 2.27. The Hall–Kier alpha value is -1.10. The molecule has 0 aliphatic carbocycles. The predicted molar refractivity (Wildman–Crippen MR) is 70.9 cm³/mol.